The minimum absolute atomic E-state index is 0.0600. The summed E-state index contributed by atoms with van der Waals surface area (Å²) < 4.78 is 43.8. The number of piperazine rings is 1. The zero-order valence-electron chi connectivity index (χ0n) is 24.7. The van der Waals surface area contributed by atoms with Crippen molar-refractivity contribution in [3.63, 3.8) is 0 Å². The molecule has 45 heavy (non-hydrogen) atoms. The maximum atomic E-state index is 13.7. The minimum Gasteiger partial charge on any atom is -0.335 e. The van der Waals surface area contributed by atoms with Crippen LogP contribution in [0.4, 0.5) is 23.7 Å². The molecule has 2 aliphatic carbocycles. The summed E-state index contributed by atoms with van der Waals surface area (Å²) in [4.78, 5) is 46.3. The molecule has 3 fully saturated rings. The SMILES string of the molecule is CN[C@H]1C[C@@H](NC(=O)N2CCN(C(=O)c3ccc(NC(=O)c4ncc(-c5cn(C6CC6)nc5C(F)(F)F)n4C)cc3Cl)CC2)C1. The van der Waals surface area contributed by atoms with Crippen LogP contribution in [-0.4, -0.2) is 92.3 Å². The van der Waals surface area contributed by atoms with Gasteiger partial charge in [0.05, 0.1) is 34.1 Å². The number of carbonyl (C=O) groups excluding carboxylic acids is 3. The van der Waals surface area contributed by atoms with E-state index in [1.807, 2.05) is 7.05 Å². The molecule has 1 saturated heterocycles. The molecule has 1 aromatic carbocycles. The Morgan fingerprint density at radius 1 is 1.02 bits per heavy atom. The molecule has 3 aromatic rings. The van der Waals surface area contributed by atoms with Crippen LogP contribution in [0, 0.1) is 0 Å². The quantitative estimate of drug-likeness (QED) is 0.358. The first-order valence-electron chi connectivity index (χ1n) is 14.7. The monoisotopic (exact) mass is 647 g/mol. The first-order chi connectivity index (χ1) is 21.4. The van der Waals surface area contributed by atoms with E-state index in [9.17, 15) is 27.6 Å². The molecule has 3 heterocycles. The Balaban J connectivity index is 1.07. The van der Waals surface area contributed by atoms with Gasteiger partial charge >= 0.3 is 12.2 Å². The molecule has 6 rings (SSSR count). The van der Waals surface area contributed by atoms with Gasteiger partial charge in [0.1, 0.15) is 0 Å². The highest BCUT2D eigenvalue weighted by Crippen LogP contribution is 2.41. The van der Waals surface area contributed by atoms with Crippen LogP contribution < -0.4 is 16.0 Å². The summed E-state index contributed by atoms with van der Waals surface area (Å²) in [5.74, 6) is -1.08. The van der Waals surface area contributed by atoms with Crippen molar-refractivity contribution in [1.82, 2.24) is 39.8 Å². The Bertz CT molecular complexity index is 1620. The normalized spacial score (nSPS) is 20.1. The van der Waals surface area contributed by atoms with Crippen LogP contribution in [0.25, 0.3) is 11.3 Å². The zero-order valence-corrected chi connectivity index (χ0v) is 25.5. The summed E-state index contributed by atoms with van der Waals surface area (Å²) in [6.45, 7) is 1.48. The topological polar surface area (TPSA) is 129 Å². The molecular formula is C29H33ClF3N9O3. The number of hydrogen-bond acceptors (Lipinski definition) is 6. The van der Waals surface area contributed by atoms with Gasteiger partial charge in [-0.2, -0.15) is 18.3 Å². The zero-order chi connectivity index (χ0) is 32.0. The molecule has 16 heteroatoms. The number of carbonyl (C=O) groups is 3. The summed E-state index contributed by atoms with van der Waals surface area (Å²) in [7, 11) is 3.36. The molecule has 4 amide bonds. The highest BCUT2D eigenvalue weighted by Gasteiger charge is 2.40. The van der Waals surface area contributed by atoms with Crippen LogP contribution in [0.5, 0.6) is 0 Å². The lowest BCUT2D eigenvalue weighted by Crippen LogP contribution is -2.58. The molecule has 12 nitrogen and oxygen atoms in total. The average Bonchev–Trinajstić information content (AvgIpc) is 3.61. The van der Waals surface area contributed by atoms with Crippen molar-refractivity contribution in [2.45, 2.75) is 50.0 Å². The largest absolute Gasteiger partial charge is 0.435 e. The summed E-state index contributed by atoms with van der Waals surface area (Å²) in [6, 6.07) is 4.84. The molecule has 0 unspecified atom stereocenters. The van der Waals surface area contributed by atoms with Gasteiger partial charge in [-0.05, 0) is 50.9 Å². The van der Waals surface area contributed by atoms with E-state index in [1.54, 1.807) is 9.80 Å². The number of alkyl halides is 3. The maximum absolute atomic E-state index is 13.7. The van der Waals surface area contributed by atoms with Crippen molar-refractivity contribution in [2.24, 2.45) is 7.05 Å². The van der Waals surface area contributed by atoms with Crippen molar-refractivity contribution in [3.8, 4) is 11.3 Å². The van der Waals surface area contributed by atoms with E-state index in [0.717, 1.165) is 25.7 Å². The third kappa shape index (κ3) is 6.36. The standard InChI is InChI=1S/C29H33ClF3N9O3/c1-34-17-11-18(12-17)37-28(45)41-9-7-40(8-10-41)27(44)20-6-3-16(13-22(20)30)36-26(43)25-35-14-23(39(25)2)21-15-42(19-4-5-19)38-24(21)29(31,32)33/h3,6,13-15,17-19,34H,4-5,7-12H2,1-2H3,(H,36,43)(H,37,45)/t17-,18+. The van der Waals surface area contributed by atoms with Crippen molar-refractivity contribution in [3.05, 3.63) is 52.7 Å². The van der Waals surface area contributed by atoms with Crippen LogP contribution in [0.1, 0.15) is 58.4 Å². The minimum atomic E-state index is -4.67. The van der Waals surface area contributed by atoms with Crippen molar-refractivity contribution in [1.29, 1.82) is 0 Å². The predicted molar refractivity (Wildman–Crippen MR) is 159 cm³/mol. The molecule has 3 N–H and O–H groups in total. The number of anilines is 1. The number of nitrogens with one attached hydrogen (secondary N) is 3. The van der Waals surface area contributed by atoms with Crippen molar-refractivity contribution in [2.75, 3.05) is 38.5 Å². The highest BCUT2D eigenvalue weighted by atomic mass is 35.5. The maximum Gasteiger partial charge on any atom is 0.435 e. The molecule has 0 spiro atoms. The third-order valence-corrected chi connectivity index (χ3v) is 8.89. The second kappa shape index (κ2) is 12.0. The van der Waals surface area contributed by atoms with Crippen molar-refractivity contribution < 1.29 is 27.6 Å². The van der Waals surface area contributed by atoms with Crippen LogP contribution in [0.15, 0.2) is 30.6 Å². The number of rotatable bonds is 7. The molecule has 0 atom stereocenters. The number of urea groups is 1. The molecule has 0 bridgehead atoms. The van der Waals surface area contributed by atoms with Gasteiger partial charge in [-0.25, -0.2) is 9.78 Å². The Hall–Kier alpha value is -4.11. The number of halogens is 4. The fourth-order valence-corrected chi connectivity index (χ4v) is 5.92. The second-order valence-corrected chi connectivity index (χ2v) is 12.1. The van der Waals surface area contributed by atoms with Gasteiger partial charge < -0.3 is 30.3 Å². The lowest BCUT2D eigenvalue weighted by molar-refractivity contribution is -0.141. The number of hydrogen-bond donors (Lipinski definition) is 3. The molecule has 240 valence electrons. The Labute approximate surface area is 261 Å². The van der Waals surface area contributed by atoms with E-state index in [2.05, 4.69) is 26.0 Å². The molecule has 2 aromatic heterocycles. The van der Waals surface area contributed by atoms with Crippen LogP contribution in [0.3, 0.4) is 0 Å². The Morgan fingerprint density at radius 2 is 1.71 bits per heavy atom. The van der Waals surface area contributed by atoms with Gasteiger partial charge in [-0.15, -0.1) is 0 Å². The van der Waals surface area contributed by atoms with Gasteiger partial charge in [0.2, 0.25) is 0 Å². The first-order valence-corrected chi connectivity index (χ1v) is 15.1. The molecule has 3 aliphatic rings. The number of imidazole rings is 1. The molecule has 2 saturated carbocycles. The van der Waals surface area contributed by atoms with Gasteiger partial charge in [0.25, 0.3) is 11.8 Å². The summed E-state index contributed by atoms with van der Waals surface area (Å²) >= 11 is 6.45. The van der Waals surface area contributed by atoms with Gasteiger partial charge in [-0.1, -0.05) is 11.6 Å². The van der Waals surface area contributed by atoms with Gasteiger partial charge in [0.15, 0.2) is 11.5 Å². The van der Waals surface area contributed by atoms with Crippen LogP contribution in [0.2, 0.25) is 5.02 Å². The summed E-state index contributed by atoms with van der Waals surface area (Å²) in [5.41, 5.74) is -0.565. The van der Waals surface area contributed by atoms with Crippen molar-refractivity contribution >= 4 is 35.1 Å². The lowest BCUT2D eigenvalue weighted by atomic mass is 9.87. The summed E-state index contributed by atoms with van der Waals surface area (Å²) in [6.07, 6.45) is 1.20. The van der Waals surface area contributed by atoms with E-state index < -0.39 is 17.8 Å². The number of aromatic nitrogens is 4. The number of amides is 4. The molecular weight excluding hydrogens is 615 g/mol. The van der Waals surface area contributed by atoms with Crippen LogP contribution >= 0.6 is 11.6 Å². The average molecular weight is 648 g/mol. The van der Waals surface area contributed by atoms with E-state index in [4.69, 9.17) is 11.6 Å². The van der Waals surface area contributed by atoms with E-state index in [-0.39, 0.29) is 57.4 Å². The first kappa shape index (κ1) is 30.9. The molecule has 0 radical (unpaired) electrons. The molecule has 1 aliphatic heterocycles. The van der Waals surface area contributed by atoms with E-state index >= 15 is 0 Å². The summed E-state index contributed by atoms with van der Waals surface area (Å²) in [5, 5.41) is 12.7. The second-order valence-electron chi connectivity index (χ2n) is 11.7. The van der Waals surface area contributed by atoms with Gasteiger partial charge in [0, 0.05) is 57.2 Å². The fourth-order valence-electron chi connectivity index (χ4n) is 5.66. The Morgan fingerprint density at radius 3 is 2.33 bits per heavy atom. The Kier molecular flexibility index (Phi) is 8.24. The lowest BCUT2D eigenvalue weighted by Gasteiger charge is -2.39. The number of nitrogens with zero attached hydrogens (tertiary/aromatic N) is 6. The number of benzene rings is 1. The van der Waals surface area contributed by atoms with Crippen LogP contribution in [-0.2, 0) is 13.2 Å². The van der Waals surface area contributed by atoms with E-state index in [0.29, 0.717) is 32.2 Å². The smallest absolute Gasteiger partial charge is 0.335 e. The third-order valence-electron chi connectivity index (χ3n) is 8.57. The fraction of sp³-hybridized carbons (Fsp3) is 0.483. The predicted octanol–water partition coefficient (Wildman–Crippen LogP) is 3.76. The highest BCUT2D eigenvalue weighted by molar-refractivity contribution is 6.34. The van der Waals surface area contributed by atoms with E-state index in [1.165, 1.54) is 46.9 Å². The van der Waals surface area contributed by atoms with Gasteiger partial charge in [-0.3, -0.25) is 14.3 Å².